The summed E-state index contributed by atoms with van der Waals surface area (Å²) < 4.78 is 0. The Balaban J connectivity index is 1.49. The fraction of sp³-hybridized carbons (Fsp3) is 0.526. The number of likely N-dealkylation sites (tertiary alicyclic amines) is 1. The average Bonchev–Trinajstić information content (AvgIpc) is 2.98. The Hall–Kier alpha value is -1.97. The highest BCUT2D eigenvalue weighted by molar-refractivity contribution is 5.83. The van der Waals surface area contributed by atoms with Crippen LogP contribution in [0.5, 0.6) is 0 Å². The maximum absolute atomic E-state index is 4.46. The van der Waals surface area contributed by atoms with Crippen LogP contribution in [0.25, 0.3) is 10.9 Å². The van der Waals surface area contributed by atoms with E-state index in [1.165, 1.54) is 29.3 Å². The van der Waals surface area contributed by atoms with Crippen LogP contribution in [-0.4, -0.2) is 42.5 Å². The number of piperidine rings is 1. The number of aromatic nitrogens is 1. The number of fused-ring (bicyclic) bond motifs is 1. The van der Waals surface area contributed by atoms with Gasteiger partial charge in [-0.1, -0.05) is 25.1 Å². The van der Waals surface area contributed by atoms with Gasteiger partial charge in [-0.3, -0.25) is 4.99 Å². The largest absolute Gasteiger partial charge is 0.361 e. The molecule has 124 valence electrons. The molecule has 4 nitrogen and oxygen atoms in total. The van der Waals surface area contributed by atoms with Gasteiger partial charge in [-0.05, 0) is 43.2 Å². The molecule has 2 heterocycles. The van der Waals surface area contributed by atoms with Gasteiger partial charge in [0.05, 0.1) is 0 Å². The molecular weight excluding hydrogens is 284 g/mol. The molecule has 0 aliphatic carbocycles. The lowest BCUT2D eigenvalue weighted by atomic mass is 10.0. The summed E-state index contributed by atoms with van der Waals surface area (Å²) in [7, 11) is 1.89. The molecule has 0 spiro atoms. The summed E-state index contributed by atoms with van der Waals surface area (Å²) >= 11 is 0. The zero-order valence-electron chi connectivity index (χ0n) is 14.3. The predicted octanol–water partition coefficient (Wildman–Crippen LogP) is 3.41. The molecule has 1 unspecified atom stereocenters. The first-order chi connectivity index (χ1) is 11.3. The smallest absolute Gasteiger partial charge is 0.193 e. The Labute approximate surface area is 139 Å². The van der Waals surface area contributed by atoms with Crippen LogP contribution in [0.2, 0.25) is 0 Å². The number of para-hydroxylation sites is 1. The first kappa shape index (κ1) is 15.9. The minimum absolute atomic E-state index is 0.772. The van der Waals surface area contributed by atoms with Crippen molar-refractivity contribution in [1.29, 1.82) is 0 Å². The summed E-state index contributed by atoms with van der Waals surface area (Å²) in [6.07, 6.45) is 6.96. The third-order valence-corrected chi connectivity index (χ3v) is 4.75. The third kappa shape index (κ3) is 3.87. The van der Waals surface area contributed by atoms with Gasteiger partial charge in [0.2, 0.25) is 0 Å². The van der Waals surface area contributed by atoms with Gasteiger partial charge in [-0.25, -0.2) is 0 Å². The molecule has 1 aromatic carbocycles. The fourth-order valence-electron chi connectivity index (χ4n) is 3.53. The molecule has 3 rings (SSSR count). The van der Waals surface area contributed by atoms with Crippen molar-refractivity contribution in [1.82, 2.24) is 15.2 Å². The zero-order valence-corrected chi connectivity index (χ0v) is 14.3. The Morgan fingerprint density at radius 3 is 3.09 bits per heavy atom. The van der Waals surface area contributed by atoms with E-state index in [0.717, 1.165) is 44.4 Å². The van der Waals surface area contributed by atoms with Gasteiger partial charge < -0.3 is 15.2 Å². The summed E-state index contributed by atoms with van der Waals surface area (Å²) in [6, 6.07) is 8.52. The number of hydrogen-bond donors (Lipinski definition) is 2. The molecule has 1 aliphatic heterocycles. The van der Waals surface area contributed by atoms with Crippen molar-refractivity contribution in [3.63, 3.8) is 0 Å². The third-order valence-electron chi connectivity index (χ3n) is 4.75. The van der Waals surface area contributed by atoms with Gasteiger partial charge in [0.25, 0.3) is 0 Å². The average molecular weight is 312 g/mol. The number of aromatic amines is 1. The normalized spacial score (nSPS) is 19.3. The highest BCUT2D eigenvalue weighted by atomic mass is 15.3. The molecule has 0 amide bonds. The second-order valence-corrected chi connectivity index (χ2v) is 6.63. The highest BCUT2D eigenvalue weighted by Crippen LogP contribution is 2.19. The van der Waals surface area contributed by atoms with Crippen molar-refractivity contribution in [2.75, 3.05) is 26.7 Å². The molecule has 1 aliphatic rings. The minimum atomic E-state index is 0.772. The number of aryl methyl sites for hydroxylation is 1. The van der Waals surface area contributed by atoms with Crippen LogP contribution < -0.4 is 5.32 Å². The van der Waals surface area contributed by atoms with Gasteiger partial charge in [-0.2, -0.15) is 0 Å². The SMILES string of the molecule is CN=C(NCCCc1c[nH]c2ccccc12)N1CCCC(C)C1. The van der Waals surface area contributed by atoms with Crippen molar-refractivity contribution in [3.8, 4) is 0 Å². The van der Waals surface area contributed by atoms with Gasteiger partial charge in [0, 0.05) is 43.8 Å². The van der Waals surface area contributed by atoms with E-state index in [-0.39, 0.29) is 0 Å². The Morgan fingerprint density at radius 1 is 1.39 bits per heavy atom. The molecule has 1 aromatic heterocycles. The molecule has 1 atom stereocenters. The maximum Gasteiger partial charge on any atom is 0.193 e. The van der Waals surface area contributed by atoms with Crippen molar-refractivity contribution >= 4 is 16.9 Å². The molecule has 23 heavy (non-hydrogen) atoms. The monoisotopic (exact) mass is 312 g/mol. The highest BCUT2D eigenvalue weighted by Gasteiger charge is 2.18. The first-order valence-corrected chi connectivity index (χ1v) is 8.78. The topological polar surface area (TPSA) is 43.4 Å². The molecule has 1 saturated heterocycles. The van der Waals surface area contributed by atoms with E-state index in [1.807, 2.05) is 7.05 Å². The second kappa shape index (κ2) is 7.53. The summed E-state index contributed by atoms with van der Waals surface area (Å²) in [5.74, 6) is 1.84. The van der Waals surface area contributed by atoms with Gasteiger partial charge in [0.15, 0.2) is 5.96 Å². The number of benzene rings is 1. The quantitative estimate of drug-likeness (QED) is 0.516. The van der Waals surface area contributed by atoms with E-state index in [1.54, 1.807) is 0 Å². The zero-order chi connectivity index (χ0) is 16.1. The number of rotatable bonds is 4. The van der Waals surface area contributed by atoms with Crippen molar-refractivity contribution in [3.05, 3.63) is 36.0 Å². The van der Waals surface area contributed by atoms with E-state index in [2.05, 4.69) is 57.6 Å². The lowest BCUT2D eigenvalue weighted by Crippen LogP contribution is -2.46. The summed E-state index contributed by atoms with van der Waals surface area (Å²) in [5.41, 5.74) is 2.64. The van der Waals surface area contributed by atoms with Crippen LogP contribution in [0.15, 0.2) is 35.5 Å². The lowest BCUT2D eigenvalue weighted by Gasteiger charge is -2.33. The number of aliphatic imine (C=N–C) groups is 1. The van der Waals surface area contributed by atoms with Gasteiger partial charge in [0.1, 0.15) is 0 Å². The van der Waals surface area contributed by atoms with E-state index in [0.29, 0.717) is 0 Å². The predicted molar refractivity (Wildman–Crippen MR) is 98.0 cm³/mol. The van der Waals surface area contributed by atoms with E-state index in [4.69, 9.17) is 0 Å². The minimum Gasteiger partial charge on any atom is -0.361 e. The van der Waals surface area contributed by atoms with E-state index >= 15 is 0 Å². The molecule has 2 N–H and O–H groups in total. The summed E-state index contributed by atoms with van der Waals surface area (Å²) in [5, 5.41) is 4.88. The Morgan fingerprint density at radius 2 is 2.26 bits per heavy atom. The molecule has 0 saturated carbocycles. The molecule has 2 aromatic rings. The number of nitrogens with one attached hydrogen (secondary N) is 2. The molecule has 4 heteroatoms. The maximum atomic E-state index is 4.46. The number of hydrogen-bond acceptors (Lipinski definition) is 1. The summed E-state index contributed by atoms with van der Waals surface area (Å²) in [4.78, 5) is 10.2. The van der Waals surface area contributed by atoms with Crippen LogP contribution >= 0.6 is 0 Å². The molecule has 0 radical (unpaired) electrons. The van der Waals surface area contributed by atoms with Crippen molar-refractivity contribution in [2.45, 2.75) is 32.6 Å². The van der Waals surface area contributed by atoms with Gasteiger partial charge >= 0.3 is 0 Å². The Bertz CT molecular complexity index is 658. The standard InChI is InChI=1S/C19H28N4/c1-15-7-6-12-23(14-15)19(20-2)21-11-5-8-16-13-22-18-10-4-3-9-17(16)18/h3-4,9-10,13,15,22H,5-8,11-12,14H2,1-2H3,(H,20,21). The first-order valence-electron chi connectivity index (χ1n) is 8.78. The van der Waals surface area contributed by atoms with Crippen molar-refractivity contribution in [2.24, 2.45) is 10.9 Å². The number of nitrogens with zero attached hydrogens (tertiary/aromatic N) is 2. The van der Waals surface area contributed by atoms with Crippen LogP contribution in [0.3, 0.4) is 0 Å². The van der Waals surface area contributed by atoms with E-state index < -0.39 is 0 Å². The molecule has 0 bridgehead atoms. The van der Waals surface area contributed by atoms with Crippen LogP contribution in [-0.2, 0) is 6.42 Å². The summed E-state index contributed by atoms with van der Waals surface area (Å²) in [6.45, 7) is 5.56. The number of guanidine groups is 1. The molecular formula is C19H28N4. The van der Waals surface area contributed by atoms with Crippen LogP contribution in [0.4, 0.5) is 0 Å². The fourth-order valence-corrected chi connectivity index (χ4v) is 3.53. The van der Waals surface area contributed by atoms with Crippen LogP contribution in [0, 0.1) is 5.92 Å². The number of H-pyrrole nitrogens is 1. The van der Waals surface area contributed by atoms with E-state index in [9.17, 15) is 0 Å². The Kier molecular flexibility index (Phi) is 5.21. The van der Waals surface area contributed by atoms with Crippen LogP contribution in [0.1, 0.15) is 31.7 Å². The van der Waals surface area contributed by atoms with Gasteiger partial charge in [-0.15, -0.1) is 0 Å². The van der Waals surface area contributed by atoms with Crippen molar-refractivity contribution < 1.29 is 0 Å². The lowest BCUT2D eigenvalue weighted by molar-refractivity contribution is 0.266. The molecule has 1 fully saturated rings. The second-order valence-electron chi connectivity index (χ2n) is 6.63.